The largest absolute Gasteiger partial charge is 0.468 e. The summed E-state index contributed by atoms with van der Waals surface area (Å²) in [6.07, 6.45) is 2.98. The number of rotatable bonds is 9. The smallest absolute Gasteiger partial charge is 0.339 e. The second kappa shape index (κ2) is 10.4. The fourth-order valence-electron chi connectivity index (χ4n) is 3.90. The molecule has 2 heterocycles. The molecular formula is C27H21FN2O6S2. The zero-order chi connectivity index (χ0) is 26.8. The molecule has 5 aromatic rings. The van der Waals surface area contributed by atoms with Crippen LogP contribution in [-0.4, -0.2) is 26.1 Å². The average Bonchev–Trinajstić information content (AvgIpc) is 3.41. The normalized spacial score (nSPS) is 12.2. The van der Waals surface area contributed by atoms with Crippen LogP contribution in [0.1, 0.15) is 11.3 Å². The topological polar surface area (TPSA) is 107 Å². The molecule has 0 amide bonds. The van der Waals surface area contributed by atoms with Gasteiger partial charge in [0.05, 0.1) is 18.3 Å². The van der Waals surface area contributed by atoms with E-state index in [0.717, 1.165) is 24.3 Å². The number of para-hydroxylation sites is 1. The number of fused-ring (bicyclic) bond motifs is 1. The van der Waals surface area contributed by atoms with Crippen LogP contribution in [0.5, 0.6) is 5.75 Å². The first-order valence-corrected chi connectivity index (χ1v) is 14.2. The summed E-state index contributed by atoms with van der Waals surface area (Å²) in [6.45, 7) is -0.183. The minimum Gasteiger partial charge on any atom is -0.468 e. The average molecular weight is 553 g/mol. The molecule has 0 saturated carbocycles. The van der Waals surface area contributed by atoms with E-state index >= 15 is 0 Å². The zero-order valence-corrected chi connectivity index (χ0v) is 21.4. The van der Waals surface area contributed by atoms with E-state index in [1.807, 2.05) is 0 Å². The Kier molecular flexibility index (Phi) is 6.98. The molecule has 0 bridgehead atoms. The molecule has 0 radical (unpaired) electrons. The molecule has 0 saturated heterocycles. The van der Waals surface area contributed by atoms with Gasteiger partial charge in [-0.3, -0.25) is 4.98 Å². The summed E-state index contributed by atoms with van der Waals surface area (Å²) >= 11 is 0. The van der Waals surface area contributed by atoms with Crippen molar-refractivity contribution in [3.63, 3.8) is 0 Å². The zero-order valence-electron chi connectivity index (χ0n) is 19.8. The van der Waals surface area contributed by atoms with Crippen LogP contribution in [0.15, 0.2) is 118 Å². The second-order valence-electron chi connectivity index (χ2n) is 8.32. The Hall–Kier alpha value is -4.06. The minimum atomic E-state index is -4.23. The van der Waals surface area contributed by atoms with Crippen molar-refractivity contribution in [2.45, 2.75) is 22.9 Å². The highest BCUT2D eigenvalue weighted by molar-refractivity contribution is 7.89. The fraction of sp³-hybridized carbons (Fsp3) is 0.0741. The van der Waals surface area contributed by atoms with E-state index in [1.165, 1.54) is 35.0 Å². The van der Waals surface area contributed by atoms with Gasteiger partial charge < -0.3 is 8.60 Å². The van der Waals surface area contributed by atoms with Crippen molar-refractivity contribution in [3.8, 4) is 5.75 Å². The predicted molar refractivity (Wildman–Crippen MR) is 138 cm³/mol. The molecule has 5 rings (SSSR count). The van der Waals surface area contributed by atoms with Gasteiger partial charge in [-0.25, -0.2) is 12.8 Å². The number of hydrogen-bond donors (Lipinski definition) is 0. The first kappa shape index (κ1) is 25.6. The van der Waals surface area contributed by atoms with E-state index < -0.39 is 26.0 Å². The Balaban J connectivity index is 1.48. The molecule has 2 aromatic heterocycles. The van der Waals surface area contributed by atoms with Gasteiger partial charge in [-0.15, -0.1) is 0 Å². The summed E-state index contributed by atoms with van der Waals surface area (Å²) in [6, 6.07) is 22.1. The third kappa shape index (κ3) is 5.44. The number of aromatic nitrogens is 1. The lowest BCUT2D eigenvalue weighted by molar-refractivity contribution is 0.358. The lowest BCUT2D eigenvalue weighted by Gasteiger charge is -2.22. The van der Waals surface area contributed by atoms with Gasteiger partial charge in [0.1, 0.15) is 27.1 Å². The molecule has 3 aromatic carbocycles. The highest BCUT2D eigenvalue weighted by atomic mass is 32.2. The van der Waals surface area contributed by atoms with Crippen molar-refractivity contribution in [2.75, 3.05) is 0 Å². The first-order chi connectivity index (χ1) is 18.2. The quantitative estimate of drug-likeness (QED) is 0.234. The van der Waals surface area contributed by atoms with Gasteiger partial charge in [0.25, 0.3) is 0 Å². The first-order valence-electron chi connectivity index (χ1n) is 11.4. The number of hydrogen-bond acceptors (Lipinski definition) is 7. The van der Waals surface area contributed by atoms with Crippen molar-refractivity contribution in [2.24, 2.45) is 0 Å². The Labute approximate surface area is 219 Å². The standard InChI is InChI=1S/C27H21FN2O6S2/c28-22-11-13-25(14-12-22)38(33,34)36-23-8-1-5-20(17-23)18-30(19-24-9-4-16-35-24)37(31,32)26-10-2-6-21-7-3-15-29-27(21)26/h1-17H,18-19H2. The Morgan fingerprint density at radius 3 is 2.37 bits per heavy atom. The predicted octanol–water partition coefficient (Wildman–Crippen LogP) is 5.13. The van der Waals surface area contributed by atoms with Crippen molar-refractivity contribution >= 4 is 31.0 Å². The van der Waals surface area contributed by atoms with Crippen molar-refractivity contribution < 1.29 is 29.8 Å². The molecule has 0 spiro atoms. The lowest BCUT2D eigenvalue weighted by Crippen LogP contribution is -2.30. The van der Waals surface area contributed by atoms with Gasteiger partial charge in [0.2, 0.25) is 10.0 Å². The van der Waals surface area contributed by atoms with Gasteiger partial charge >= 0.3 is 10.1 Å². The molecule has 0 aliphatic rings. The molecule has 0 aliphatic heterocycles. The summed E-state index contributed by atoms with van der Waals surface area (Å²) in [5.41, 5.74) is 0.807. The third-order valence-electron chi connectivity index (χ3n) is 5.69. The van der Waals surface area contributed by atoms with Crippen LogP contribution in [0.4, 0.5) is 4.39 Å². The molecule has 0 aliphatic carbocycles. The van der Waals surface area contributed by atoms with Crippen LogP contribution in [0.25, 0.3) is 10.9 Å². The maximum absolute atomic E-state index is 13.9. The fourth-order valence-corrected chi connectivity index (χ4v) is 6.38. The van der Waals surface area contributed by atoms with Crippen LogP contribution in [0, 0.1) is 5.82 Å². The van der Waals surface area contributed by atoms with E-state index in [9.17, 15) is 21.2 Å². The Bertz CT molecular complexity index is 1780. The van der Waals surface area contributed by atoms with Gasteiger partial charge in [0, 0.05) is 18.1 Å². The van der Waals surface area contributed by atoms with Crippen molar-refractivity contribution in [1.82, 2.24) is 9.29 Å². The van der Waals surface area contributed by atoms with Crippen LogP contribution in [-0.2, 0) is 33.2 Å². The molecule has 0 atom stereocenters. The maximum Gasteiger partial charge on any atom is 0.339 e. The number of sulfonamides is 1. The molecular weight excluding hydrogens is 531 g/mol. The number of halogens is 1. The molecule has 38 heavy (non-hydrogen) atoms. The van der Waals surface area contributed by atoms with Crippen molar-refractivity contribution in [3.05, 3.63) is 121 Å². The molecule has 194 valence electrons. The monoisotopic (exact) mass is 552 g/mol. The van der Waals surface area contributed by atoms with E-state index in [4.69, 9.17) is 8.60 Å². The van der Waals surface area contributed by atoms with Gasteiger partial charge in [-0.2, -0.15) is 12.7 Å². The number of nitrogens with zero attached hydrogens (tertiary/aromatic N) is 2. The summed E-state index contributed by atoms with van der Waals surface area (Å²) in [4.78, 5) is 4.11. The Morgan fingerprint density at radius 1 is 0.842 bits per heavy atom. The molecule has 8 nitrogen and oxygen atoms in total. The Morgan fingerprint density at radius 2 is 1.61 bits per heavy atom. The van der Waals surface area contributed by atoms with E-state index in [0.29, 0.717) is 22.2 Å². The number of furan rings is 1. The molecule has 0 fully saturated rings. The number of benzene rings is 3. The molecule has 11 heteroatoms. The summed E-state index contributed by atoms with van der Waals surface area (Å²) < 4.78 is 78.2. The molecule has 0 unspecified atom stereocenters. The summed E-state index contributed by atoms with van der Waals surface area (Å²) in [5, 5.41) is 0.674. The summed E-state index contributed by atoms with van der Waals surface area (Å²) in [5.74, 6) is -0.174. The minimum absolute atomic E-state index is 0.0194. The molecule has 0 N–H and O–H groups in total. The maximum atomic E-state index is 13.9. The van der Waals surface area contributed by atoms with Crippen LogP contribution >= 0.6 is 0 Å². The summed E-state index contributed by atoms with van der Waals surface area (Å²) in [7, 11) is -8.31. The van der Waals surface area contributed by atoms with E-state index in [-0.39, 0.29) is 28.6 Å². The van der Waals surface area contributed by atoms with Gasteiger partial charge in [-0.1, -0.05) is 30.3 Å². The van der Waals surface area contributed by atoms with Crippen LogP contribution < -0.4 is 4.18 Å². The third-order valence-corrected chi connectivity index (χ3v) is 8.78. The SMILES string of the molecule is O=S(=O)(Oc1cccc(CN(Cc2ccco2)S(=O)(=O)c2cccc3cccnc23)c1)c1ccc(F)cc1. The van der Waals surface area contributed by atoms with E-state index in [2.05, 4.69) is 4.98 Å². The number of pyridine rings is 1. The van der Waals surface area contributed by atoms with Crippen LogP contribution in [0.3, 0.4) is 0 Å². The van der Waals surface area contributed by atoms with E-state index in [1.54, 1.807) is 48.5 Å². The highest BCUT2D eigenvalue weighted by Gasteiger charge is 2.28. The van der Waals surface area contributed by atoms with Crippen molar-refractivity contribution in [1.29, 1.82) is 0 Å². The second-order valence-corrected chi connectivity index (χ2v) is 11.8. The highest BCUT2D eigenvalue weighted by Crippen LogP contribution is 2.28. The van der Waals surface area contributed by atoms with Gasteiger partial charge in [0.15, 0.2) is 0 Å². The lowest BCUT2D eigenvalue weighted by atomic mass is 10.2. The van der Waals surface area contributed by atoms with Gasteiger partial charge in [-0.05, 0) is 66.2 Å². The van der Waals surface area contributed by atoms with Crippen LogP contribution in [0.2, 0.25) is 0 Å².